The molecule has 0 saturated carbocycles. The van der Waals surface area contributed by atoms with Crippen molar-refractivity contribution < 1.29 is 4.74 Å². The summed E-state index contributed by atoms with van der Waals surface area (Å²) in [7, 11) is 1.90. The summed E-state index contributed by atoms with van der Waals surface area (Å²) >= 11 is 3.34. The lowest BCUT2D eigenvalue weighted by Crippen LogP contribution is -2.05. The van der Waals surface area contributed by atoms with E-state index in [0.717, 1.165) is 16.6 Å². The molecule has 2 rings (SSSR count). The van der Waals surface area contributed by atoms with Crippen LogP contribution in [0.2, 0.25) is 0 Å². The average Bonchev–Trinajstić information content (AvgIpc) is 2.30. The highest BCUT2D eigenvalue weighted by Gasteiger charge is 2.01. The lowest BCUT2D eigenvalue weighted by atomic mass is 10.2. The molecular weight excluding hydrogens is 282 g/mol. The fourth-order valence-electron chi connectivity index (χ4n) is 1.39. The van der Waals surface area contributed by atoms with E-state index in [4.69, 9.17) is 4.74 Å². The molecule has 0 saturated heterocycles. The van der Waals surface area contributed by atoms with Gasteiger partial charge in [-0.05, 0) is 40.7 Å². The maximum absolute atomic E-state index is 5.61. The van der Waals surface area contributed by atoms with Gasteiger partial charge in [-0.1, -0.05) is 0 Å². The molecule has 0 fully saturated rings. The molecule has 2 aromatic rings. The number of rotatable bonds is 4. The molecule has 0 aromatic carbocycles. The van der Waals surface area contributed by atoms with E-state index in [-0.39, 0.29) is 0 Å². The minimum atomic E-state index is 0.567. The minimum Gasteiger partial charge on any atom is -0.437 e. The van der Waals surface area contributed by atoms with Gasteiger partial charge in [0.05, 0.1) is 6.20 Å². The van der Waals surface area contributed by atoms with Crippen molar-refractivity contribution in [3.63, 3.8) is 0 Å². The van der Waals surface area contributed by atoms with Crippen molar-refractivity contribution in [3.8, 4) is 11.6 Å². The first-order chi connectivity index (χ1) is 8.28. The van der Waals surface area contributed by atoms with E-state index < -0.39 is 0 Å². The molecule has 0 aliphatic rings. The van der Waals surface area contributed by atoms with Gasteiger partial charge in [0.25, 0.3) is 0 Å². The first-order valence-corrected chi connectivity index (χ1v) is 5.95. The summed E-state index contributed by atoms with van der Waals surface area (Å²) in [6.07, 6.45) is 5.09. The van der Waals surface area contributed by atoms with Crippen LogP contribution in [0.4, 0.5) is 0 Å². The van der Waals surface area contributed by atoms with Gasteiger partial charge in [-0.15, -0.1) is 0 Å². The SMILES string of the molecule is CNCc1ccnc(Oc2cncc(Br)c2)c1. The van der Waals surface area contributed by atoms with Gasteiger partial charge in [0.1, 0.15) is 5.75 Å². The topological polar surface area (TPSA) is 47.0 Å². The second-order valence-corrected chi connectivity index (χ2v) is 4.39. The maximum atomic E-state index is 5.61. The first-order valence-electron chi connectivity index (χ1n) is 5.16. The van der Waals surface area contributed by atoms with Gasteiger partial charge in [0.2, 0.25) is 5.88 Å². The molecule has 0 spiro atoms. The van der Waals surface area contributed by atoms with E-state index in [1.165, 1.54) is 0 Å². The highest BCUT2D eigenvalue weighted by molar-refractivity contribution is 9.10. The molecule has 0 atom stereocenters. The summed E-state index contributed by atoms with van der Waals surface area (Å²) in [5.41, 5.74) is 1.13. The largest absolute Gasteiger partial charge is 0.437 e. The smallest absolute Gasteiger partial charge is 0.219 e. The van der Waals surface area contributed by atoms with E-state index in [2.05, 4.69) is 31.2 Å². The average molecular weight is 294 g/mol. The number of pyridine rings is 2. The summed E-state index contributed by atoms with van der Waals surface area (Å²) in [6, 6.07) is 5.69. The molecule has 88 valence electrons. The normalized spacial score (nSPS) is 10.2. The Balaban J connectivity index is 2.15. The summed E-state index contributed by atoms with van der Waals surface area (Å²) in [6.45, 7) is 0.787. The molecule has 2 heterocycles. The van der Waals surface area contributed by atoms with Gasteiger partial charge in [-0.25, -0.2) is 4.98 Å². The Bertz CT molecular complexity index is 505. The van der Waals surface area contributed by atoms with Crippen LogP contribution >= 0.6 is 15.9 Å². The Hall–Kier alpha value is -1.46. The summed E-state index contributed by atoms with van der Waals surface area (Å²) in [5.74, 6) is 1.23. The molecule has 4 nitrogen and oxygen atoms in total. The van der Waals surface area contributed by atoms with Gasteiger partial charge in [-0.2, -0.15) is 0 Å². The molecule has 0 aliphatic heterocycles. The van der Waals surface area contributed by atoms with Gasteiger partial charge < -0.3 is 10.1 Å². The van der Waals surface area contributed by atoms with Crippen LogP contribution < -0.4 is 10.1 Å². The van der Waals surface area contributed by atoms with Crippen LogP contribution in [0.25, 0.3) is 0 Å². The van der Waals surface area contributed by atoms with Crippen molar-refractivity contribution in [1.29, 1.82) is 0 Å². The number of ether oxygens (including phenoxy) is 1. The Labute approximate surface area is 108 Å². The highest BCUT2D eigenvalue weighted by atomic mass is 79.9. The van der Waals surface area contributed by atoms with Gasteiger partial charge in [0, 0.05) is 29.5 Å². The third-order valence-electron chi connectivity index (χ3n) is 2.08. The lowest BCUT2D eigenvalue weighted by Gasteiger charge is -2.06. The lowest BCUT2D eigenvalue weighted by molar-refractivity contribution is 0.459. The fraction of sp³-hybridized carbons (Fsp3) is 0.167. The second-order valence-electron chi connectivity index (χ2n) is 3.47. The number of hydrogen-bond acceptors (Lipinski definition) is 4. The zero-order valence-corrected chi connectivity index (χ0v) is 10.9. The van der Waals surface area contributed by atoms with Crippen molar-refractivity contribution in [1.82, 2.24) is 15.3 Å². The van der Waals surface area contributed by atoms with Crippen LogP contribution in [-0.4, -0.2) is 17.0 Å². The molecule has 2 aromatic heterocycles. The third kappa shape index (κ3) is 3.51. The molecule has 0 aliphatic carbocycles. The zero-order chi connectivity index (χ0) is 12.1. The monoisotopic (exact) mass is 293 g/mol. The summed E-state index contributed by atoms with van der Waals surface area (Å²) in [4.78, 5) is 8.18. The summed E-state index contributed by atoms with van der Waals surface area (Å²) < 4.78 is 6.49. The van der Waals surface area contributed by atoms with Gasteiger partial charge in [-0.3, -0.25) is 4.98 Å². The Kier molecular flexibility index (Phi) is 4.06. The summed E-state index contributed by atoms with van der Waals surface area (Å²) in [5, 5.41) is 3.08. The quantitative estimate of drug-likeness (QED) is 0.942. The van der Waals surface area contributed by atoms with Crippen LogP contribution in [0.5, 0.6) is 11.6 Å². The molecular formula is C12H12BrN3O. The molecule has 5 heteroatoms. The number of nitrogens with zero attached hydrogens (tertiary/aromatic N) is 2. The van der Waals surface area contributed by atoms with Crippen molar-refractivity contribution in [3.05, 3.63) is 46.8 Å². The van der Waals surface area contributed by atoms with Crippen LogP contribution in [0, 0.1) is 0 Å². The maximum Gasteiger partial charge on any atom is 0.219 e. The Morgan fingerprint density at radius 3 is 3.00 bits per heavy atom. The highest BCUT2D eigenvalue weighted by Crippen LogP contribution is 2.22. The minimum absolute atomic E-state index is 0.567. The molecule has 0 radical (unpaired) electrons. The van der Waals surface area contributed by atoms with E-state index >= 15 is 0 Å². The molecule has 0 unspecified atom stereocenters. The van der Waals surface area contributed by atoms with E-state index in [1.54, 1.807) is 18.6 Å². The van der Waals surface area contributed by atoms with Crippen molar-refractivity contribution in [2.45, 2.75) is 6.54 Å². The van der Waals surface area contributed by atoms with E-state index in [1.807, 2.05) is 25.2 Å². The Morgan fingerprint density at radius 2 is 2.24 bits per heavy atom. The molecule has 0 amide bonds. The predicted molar refractivity (Wildman–Crippen MR) is 69.0 cm³/mol. The predicted octanol–water partition coefficient (Wildman–Crippen LogP) is 2.75. The van der Waals surface area contributed by atoms with Crippen molar-refractivity contribution in [2.24, 2.45) is 0 Å². The Morgan fingerprint density at radius 1 is 1.35 bits per heavy atom. The van der Waals surface area contributed by atoms with Gasteiger partial charge in [0.15, 0.2) is 0 Å². The third-order valence-corrected chi connectivity index (χ3v) is 2.52. The number of nitrogens with one attached hydrogen (secondary N) is 1. The van der Waals surface area contributed by atoms with Crippen LogP contribution in [0.15, 0.2) is 41.3 Å². The van der Waals surface area contributed by atoms with Crippen LogP contribution in [0.3, 0.4) is 0 Å². The zero-order valence-electron chi connectivity index (χ0n) is 9.35. The molecule has 1 N–H and O–H groups in total. The fourth-order valence-corrected chi connectivity index (χ4v) is 1.73. The molecule has 0 bridgehead atoms. The van der Waals surface area contributed by atoms with Crippen molar-refractivity contribution >= 4 is 15.9 Å². The number of aromatic nitrogens is 2. The van der Waals surface area contributed by atoms with Crippen LogP contribution in [0.1, 0.15) is 5.56 Å². The first kappa shape index (κ1) is 12.0. The second kappa shape index (κ2) is 5.75. The molecule has 17 heavy (non-hydrogen) atoms. The number of hydrogen-bond donors (Lipinski definition) is 1. The van der Waals surface area contributed by atoms with E-state index in [0.29, 0.717) is 11.6 Å². The van der Waals surface area contributed by atoms with Gasteiger partial charge >= 0.3 is 0 Å². The van der Waals surface area contributed by atoms with Crippen molar-refractivity contribution in [2.75, 3.05) is 7.05 Å². The van der Waals surface area contributed by atoms with E-state index in [9.17, 15) is 0 Å². The van der Waals surface area contributed by atoms with Crippen LogP contribution in [-0.2, 0) is 6.54 Å². The standard InChI is InChI=1S/C12H12BrN3O/c1-14-6-9-2-3-16-12(4-9)17-11-5-10(13)7-15-8-11/h2-5,7-8,14H,6H2,1H3. The number of halogens is 1.